The van der Waals surface area contributed by atoms with Gasteiger partial charge in [0.2, 0.25) is 0 Å². The minimum absolute atomic E-state index is 0.154. The van der Waals surface area contributed by atoms with Crippen molar-refractivity contribution >= 4 is 39.8 Å². The summed E-state index contributed by atoms with van der Waals surface area (Å²) in [7, 11) is 0. The fraction of sp³-hybridized carbons (Fsp3) is 0.688. The number of likely N-dealkylation sites (tertiary alicyclic amines) is 2. The maximum absolute atomic E-state index is 12.4. The van der Waals surface area contributed by atoms with Crippen LogP contribution >= 0.6 is 33.9 Å². The lowest BCUT2D eigenvalue weighted by Gasteiger charge is -2.26. The number of thiophene rings is 1. The van der Waals surface area contributed by atoms with Gasteiger partial charge in [0.25, 0.3) is 5.91 Å². The number of amides is 1. The Hall–Kier alpha value is -0.180. The predicted octanol–water partition coefficient (Wildman–Crippen LogP) is 3.07. The summed E-state index contributed by atoms with van der Waals surface area (Å²) in [5.41, 5.74) is 0.823. The fourth-order valence-corrected chi connectivity index (χ4v) is 4.51. The van der Waals surface area contributed by atoms with Crippen LogP contribution in [-0.2, 0) is 4.74 Å². The first-order valence-corrected chi connectivity index (χ1v) is 10.1. The second-order valence-electron chi connectivity index (χ2n) is 6.07. The van der Waals surface area contributed by atoms with E-state index < -0.39 is 0 Å². The summed E-state index contributed by atoms with van der Waals surface area (Å²) in [6.07, 6.45) is 5.20. The van der Waals surface area contributed by atoms with Gasteiger partial charge in [-0.25, -0.2) is 0 Å². The lowest BCUT2D eigenvalue weighted by atomic mass is 10.1. The zero-order valence-corrected chi connectivity index (χ0v) is 15.8. The van der Waals surface area contributed by atoms with Gasteiger partial charge < -0.3 is 14.5 Å². The second kappa shape index (κ2) is 8.08. The summed E-state index contributed by atoms with van der Waals surface area (Å²) in [5.74, 6) is 0.154. The van der Waals surface area contributed by atoms with E-state index in [0.29, 0.717) is 0 Å². The minimum atomic E-state index is 0.154. The molecule has 1 aromatic rings. The number of hydrogen-bond acceptors (Lipinski definition) is 4. The molecule has 1 aromatic heterocycles. The van der Waals surface area contributed by atoms with Crippen molar-refractivity contribution in [3.63, 3.8) is 0 Å². The second-order valence-corrected chi connectivity index (χ2v) is 8.88. The zero-order valence-electron chi connectivity index (χ0n) is 12.8. The van der Waals surface area contributed by atoms with E-state index in [4.69, 9.17) is 4.74 Å². The third-order valence-electron chi connectivity index (χ3n) is 4.46. The van der Waals surface area contributed by atoms with Gasteiger partial charge in [0, 0.05) is 25.0 Å². The molecule has 3 heterocycles. The molecule has 0 aromatic carbocycles. The number of ether oxygens (including phenoxy) is 1. The molecule has 1 atom stereocenters. The molecule has 0 radical (unpaired) electrons. The van der Waals surface area contributed by atoms with Crippen LogP contribution in [0.5, 0.6) is 0 Å². The number of hydrogen-bond donors (Lipinski definition) is 0. The van der Waals surface area contributed by atoms with Crippen LogP contribution in [0.2, 0.25) is 0 Å². The molecule has 0 saturated carbocycles. The van der Waals surface area contributed by atoms with Gasteiger partial charge in [-0.1, -0.05) is 6.42 Å². The van der Waals surface area contributed by atoms with Crippen LogP contribution in [0.25, 0.3) is 0 Å². The molecule has 2 aliphatic heterocycles. The maximum Gasteiger partial charge on any atom is 0.254 e. The highest BCUT2D eigenvalue weighted by Crippen LogP contribution is 2.21. The Balaban J connectivity index is 1.39. The highest BCUT2D eigenvalue weighted by atomic mass is 127. The zero-order chi connectivity index (χ0) is 15.4. The third kappa shape index (κ3) is 4.43. The smallest absolute Gasteiger partial charge is 0.254 e. The van der Waals surface area contributed by atoms with Gasteiger partial charge in [-0.2, -0.15) is 0 Å². The van der Waals surface area contributed by atoms with Crippen LogP contribution in [0.4, 0.5) is 0 Å². The first kappa shape index (κ1) is 16.7. The van der Waals surface area contributed by atoms with Gasteiger partial charge >= 0.3 is 0 Å². The van der Waals surface area contributed by atoms with Gasteiger partial charge in [0.15, 0.2) is 0 Å². The molecule has 0 N–H and O–H groups in total. The lowest BCUT2D eigenvalue weighted by Crippen LogP contribution is -2.34. The van der Waals surface area contributed by atoms with E-state index in [1.54, 1.807) is 11.3 Å². The molecule has 0 bridgehead atoms. The summed E-state index contributed by atoms with van der Waals surface area (Å²) >= 11 is 3.88. The van der Waals surface area contributed by atoms with Crippen molar-refractivity contribution in [1.29, 1.82) is 0 Å². The topological polar surface area (TPSA) is 32.8 Å². The van der Waals surface area contributed by atoms with E-state index >= 15 is 0 Å². The van der Waals surface area contributed by atoms with Gasteiger partial charge in [-0.05, 0) is 61.0 Å². The van der Waals surface area contributed by atoms with Crippen molar-refractivity contribution in [1.82, 2.24) is 9.80 Å². The average Bonchev–Trinajstić information content (AvgIpc) is 3.17. The van der Waals surface area contributed by atoms with Gasteiger partial charge in [-0.3, -0.25) is 4.79 Å². The molecule has 3 rings (SSSR count). The molecule has 0 aliphatic carbocycles. The van der Waals surface area contributed by atoms with E-state index in [9.17, 15) is 4.79 Å². The molecule has 4 nitrogen and oxygen atoms in total. The highest BCUT2D eigenvalue weighted by molar-refractivity contribution is 14.1. The van der Waals surface area contributed by atoms with Gasteiger partial charge in [0.1, 0.15) is 0 Å². The molecule has 22 heavy (non-hydrogen) atoms. The normalized spacial score (nSPS) is 23.1. The monoisotopic (exact) mass is 434 g/mol. The molecular weight excluding hydrogens is 411 g/mol. The quantitative estimate of drug-likeness (QED) is 0.668. The van der Waals surface area contributed by atoms with Crippen molar-refractivity contribution < 1.29 is 9.53 Å². The fourth-order valence-electron chi connectivity index (χ4n) is 3.18. The number of nitrogens with zero attached hydrogens (tertiary/aromatic N) is 2. The largest absolute Gasteiger partial charge is 0.375 e. The maximum atomic E-state index is 12.4. The molecule has 0 spiro atoms. The summed E-state index contributed by atoms with van der Waals surface area (Å²) < 4.78 is 7.15. The number of carbonyl (C=O) groups excluding carboxylic acids is 1. The highest BCUT2D eigenvalue weighted by Gasteiger charge is 2.28. The number of halogens is 1. The molecular formula is C16H23IN2O2S. The van der Waals surface area contributed by atoms with Crippen molar-refractivity contribution in [3.8, 4) is 0 Å². The minimum Gasteiger partial charge on any atom is -0.375 e. The molecule has 0 unspecified atom stereocenters. The first-order chi connectivity index (χ1) is 10.7. The predicted molar refractivity (Wildman–Crippen MR) is 97.6 cm³/mol. The van der Waals surface area contributed by atoms with Crippen LogP contribution in [0, 0.1) is 2.88 Å². The van der Waals surface area contributed by atoms with Crippen LogP contribution < -0.4 is 0 Å². The summed E-state index contributed by atoms with van der Waals surface area (Å²) in [5, 5.41) is 1.95. The van der Waals surface area contributed by atoms with Crippen molar-refractivity contribution in [2.45, 2.75) is 31.8 Å². The number of carbonyl (C=O) groups is 1. The average molecular weight is 434 g/mol. The SMILES string of the molecule is O=C(c1csc(I)c1)N1CC[C@H](OCCN2CCCCC2)C1. The molecule has 2 saturated heterocycles. The Kier molecular flexibility index (Phi) is 6.12. The van der Waals surface area contributed by atoms with E-state index in [0.717, 1.165) is 41.1 Å². The van der Waals surface area contributed by atoms with E-state index in [2.05, 4.69) is 27.5 Å². The van der Waals surface area contributed by atoms with Crippen molar-refractivity contribution in [3.05, 3.63) is 19.9 Å². The van der Waals surface area contributed by atoms with Gasteiger partial charge in [-0.15, -0.1) is 11.3 Å². The molecule has 2 fully saturated rings. The molecule has 1 amide bonds. The Labute approximate surface area is 149 Å². The first-order valence-electron chi connectivity index (χ1n) is 8.09. The van der Waals surface area contributed by atoms with Crippen LogP contribution in [0.15, 0.2) is 11.4 Å². The van der Waals surface area contributed by atoms with Gasteiger partial charge in [0.05, 0.1) is 21.2 Å². The molecule has 122 valence electrons. The summed E-state index contributed by atoms with van der Waals surface area (Å²) in [4.78, 5) is 16.8. The molecule has 6 heteroatoms. The van der Waals surface area contributed by atoms with Crippen LogP contribution in [0.3, 0.4) is 0 Å². The Morgan fingerprint density at radius 1 is 1.32 bits per heavy atom. The van der Waals surface area contributed by atoms with Crippen molar-refractivity contribution in [2.75, 3.05) is 39.3 Å². The lowest BCUT2D eigenvalue weighted by molar-refractivity contribution is 0.0379. The number of rotatable bonds is 5. The standard InChI is InChI=1S/C16H23IN2O2S/c17-15-10-13(12-22-15)16(20)19-7-4-14(11-19)21-9-8-18-5-2-1-3-6-18/h10,12,14H,1-9,11H2/t14-/m0/s1. The van der Waals surface area contributed by atoms with E-state index in [-0.39, 0.29) is 12.0 Å². The van der Waals surface area contributed by atoms with Crippen molar-refractivity contribution in [2.24, 2.45) is 0 Å². The Morgan fingerprint density at radius 2 is 2.14 bits per heavy atom. The molecule has 2 aliphatic rings. The summed E-state index contributed by atoms with van der Waals surface area (Å²) in [6, 6.07) is 1.97. The van der Waals surface area contributed by atoms with E-state index in [1.807, 2.05) is 16.3 Å². The van der Waals surface area contributed by atoms with E-state index in [1.165, 1.54) is 32.4 Å². The summed E-state index contributed by atoms with van der Waals surface area (Å²) in [6.45, 7) is 5.83. The van der Waals surface area contributed by atoms with Crippen LogP contribution in [0.1, 0.15) is 36.0 Å². The van der Waals surface area contributed by atoms with Crippen LogP contribution in [-0.4, -0.2) is 61.1 Å². The Morgan fingerprint density at radius 3 is 2.86 bits per heavy atom. The number of piperidine rings is 1. The Bertz CT molecular complexity index is 502. The third-order valence-corrected chi connectivity index (χ3v) is 6.25.